The van der Waals surface area contributed by atoms with Gasteiger partial charge in [-0.2, -0.15) is 0 Å². The van der Waals surface area contributed by atoms with E-state index in [0.29, 0.717) is 29.6 Å². The summed E-state index contributed by atoms with van der Waals surface area (Å²) in [5, 5.41) is 6.50. The van der Waals surface area contributed by atoms with E-state index in [4.69, 9.17) is 14.2 Å². The summed E-state index contributed by atoms with van der Waals surface area (Å²) in [6.45, 7) is 0.696. The Balaban J connectivity index is 1.72. The predicted molar refractivity (Wildman–Crippen MR) is 122 cm³/mol. The average molecular weight is 419 g/mol. The number of imidazole rings is 1. The molecule has 4 rings (SSSR count). The highest BCUT2D eigenvalue weighted by molar-refractivity contribution is 5.81. The van der Waals surface area contributed by atoms with Gasteiger partial charge in [0.05, 0.1) is 39.6 Å². The van der Waals surface area contributed by atoms with Crippen LogP contribution >= 0.6 is 0 Å². The molecule has 2 N–H and O–H groups in total. The molecule has 2 heterocycles. The molecule has 0 aliphatic carbocycles. The fraction of sp³-hybridized carbons (Fsp3) is 0.217. The lowest BCUT2D eigenvalue weighted by atomic mass is 10.2. The van der Waals surface area contributed by atoms with Gasteiger partial charge < -0.3 is 29.4 Å². The summed E-state index contributed by atoms with van der Waals surface area (Å²) in [6.07, 6.45) is 1.76. The molecule has 2 aromatic carbocycles. The first kappa shape index (κ1) is 20.3. The Kier molecular flexibility index (Phi) is 5.79. The molecular formula is C23H25N5O3. The van der Waals surface area contributed by atoms with Crippen LogP contribution in [0.25, 0.3) is 11.0 Å². The largest absolute Gasteiger partial charge is 0.493 e. The minimum absolute atomic E-state index is 0.540. The Labute approximate surface area is 180 Å². The third kappa shape index (κ3) is 4.05. The highest BCUT2D eigenvalue weighted by Gasteiger charge is 2.15. The van der Waals surface area contributed by atoms with Crippen molar-refractivity contribution < 1.29 is 14.2 Å². The SMILES string of the molecule is CNc1nc2cnc(Nc3cc(OC)c(OC)c(OC)c3)cc2n1Cc1ccccc1. The average Bonchev–Trinajstić information content (AvgIpc) is 3.15. The van der Waals surface area contributed by atoms with Gasteiger partial charge in [0.2, 0.25) is 11.7 Å². The summed E-state index contributed by atoms with van der Waals surface area (Å²) < 4.78 is 18.4. The van der Waals surface area contributed by atoms with Crippen molar-refractivity contribution in [3.8, 4) is 17.2 Å². The van der Waals surface area contributed by atoms with E-state index in [1.807, 2.05) is 43.4 Å². The van der Waals surface area contributed by atoms with Crippen LogP contribution in [0.3, 0.4) is 0 Å². The molecule has 0 radical (unpaired) electrons. The molecule has 0 saturated carbocycles. The summed E-state index contributed by atoms with van der Waals surface area (Å²) in [6, 6.07) is 15.9. The van der Waals surface area contributed by atoms with Crippen LogP contribution in [0.1, 0.15) is 5.56 Å². The first-order chi connectivity index (χ1) is 15.2. The molecule has 8 nitrogen and oxygen atoms in total. The molecule has 2 aromatic heterocycles. The second-order valence-electron chi connectivity index (χ2n) is 6.85. The molecule has 0 fully saturated rings. The summed E-state index contributed by atoms with van der Waals surface area (Å²) >= 11 is 0. The number of pyridine rings is 1. The van der Waals surface area contributed by atoms with Gasteiger partial charge in [0, 0.05) is 30.9 Å². The quantitative estimate of drug-likeness (QED) is 0.441. The predicted octanol–water partition coefficient (Wildman–Crippen LogP) is 4.29. The van der Waals surface area contributed by atoms with Crippen LogP contribution in [-0.2, 0) is 6.54 Å². The van der Waals surface area contributed by atoms with Crippen LogP contribution in [0.2, 0.25) is 0 Å². The van der Waals surface area contributed by atoms with Gasteiger partial charge >= 0.3 is 0 Å². The molecule has 31 heavy (non-hydrogen) atoms. The zero-order valence-electron chi connectivity index (χ0n) is 18.0. The fourth-order valence-electron chi connectivity index (χ4n) is 3.51. The molecule has 0 amide bonds. The molecule has 0 unspecified atom stereocenters. The van der Waals surface area contributed by atoms with Gasteiger partial charge in [0.1, 0.15) is 11.3 Å². The summed E-state index contributed by atoms with van der Waals surface area (Å²) in [4.78, 5) is 9.18. The second-order valence-corrected chi connectivity index (χ2v) is 6.85. The monoisotopic (exact) mass is 419 g/mol. The van der Waals surface area contributed by atoms with Gasteiger partial charge in [0.15, 0.2) is 11.5 Å². The lowest BCUT2D eigenvalue weighted by molar-refractivity contribution is 0.324. The number of nitrogens with zero attached hydrogens (tertiary/aromatic N) is 3. The van der Waals surface area contributed by atoms with Crippen LogP contribution < -0.4 is 24.8 Å². The van der Waals surface area contributed by atoms with Gasteiger partial charge in [-0.1, -0.05) is 30.3 Å². The van der Waals surface area contributed by atoms with Crippen LogP contribution in [0, 0.1) is 0 Å². The van der Waals surface area contributed by atoms with Gasteiger partial charge in [-0.25, -0.2) is 9.97 Å². The maximum atomic E-state index is 5.44. The number of fused-ring (bicyclic) bond motifs is 1. The Morgan fingerprint density at radius 3 is 2.26 bits per heavy atom. The molecule has 0 bridgehead atoms. The first-order valence-corrected chi connectivity index (χ1v) is 9.81. The smallest absolute Gasteiger partial charge is 0.203 e. The van der Waals surface area contributed by atoms with E-state index in [9.17, 15) is 0 Å². The third-order valence-corrected chi connectivity index (χ3v) is 4.98. The Bertz CT molecular complexity index is 1170. The van der Waals surface area contributed by atoms with E-state index in [-0.39, 0.29) is 0 Å². The number of anilines is 3. The van der Waals surface area contributed by atoms with Crippen molar-refractivity contribution in [1.29, 1.82) is 0 Å². The summed E-state index contributed by atoms with van der Waals surface area (Å²) in [5.74, 6) is 3.14. The van der Waals surface area contributed by atoms with Crippen molar-refractivity contribution in [2.75, 3.05) is 39.0 Å². The molecule has 0 spiro atoms. The van der Waals surface area contributed by atoms with Crippen molar-refractivity contribution in [2.45, 2.75) is 6.54 Å². The molecular weight excluding hydrogens is 394 g/mol. The lowest BCUT2D eigenvalue weighted by Crippen LogP contribution is -2.05. The number of hydrogen-bond acceptors (Lipinski definition) is 7. The van der Waals surface area contributed by atoms with Gasteiger partial charge in [-0.05, 0) is 5.56 Å². The standard InChI is InChI=1S/C23H25N5O3/c1-24-23-27-17-13-25-21(12-18(17)28(23)14-15-8-6-5-7-9-15)26-16-10-19(29-2)22(31-4)20(11-16)30-3/h5-13H,14H2,1-4H3,(H,24,27)(H,25,26). The van der Waals surface area contributed by atoms with E-state index >= 15 is 0 Å². The Hall–Kier alpha value is -3.94. The summed E-state index contributed by atoms with van der Waals surface area (Å²) in [7, 11) is 6.63. The first-order valence-electron chi connectivity index (χ1n) is 9.81. The number of aromatic nitrogens is 3. The van der Waals surface area contributed by atoms with E-state index in [1.54, 1.807) is 27.5 Å². The normalized spacial score (nSPS) is 10.7. The van der Waals surface area contributed by atoms with Crippen molar-refractivity contribution in [2.24, 2.45) is 0 Å². The molecule has 8 heteroatoms. The van der Waals surface area contributed by atoms with Gasteiger partial charge in [0.25, 0.3) is 0 Å². The van der Waals surface area contributed by atoms with Gasteiger partial charge in [-0.15, -0.1) is 0 Å². The second kappa shape index (κ2) is 8.83. The zero-order valence-corrected chi connectivity index (χ0v) is 18.0. The van der Waals surface area contributed by atoms with Crippen molar-refractivity contribution in [1.82, 2.24) is 14.5 Å². The molecule has 0 aliphatic heterocycles. The number of rotatable bonds is 8. The highest BCUT2D eigenvalue weighted by atomic mass is 16.5. The lowest BCUT2D eigenvalue weighted by Gasteiger charge is -2.15. The third-order valence-electron chi connectivity index (χ3n) is 4.98. The molecule has 0 aliphatic rings. The number of nitrogens with one attached hydrogen (secondary N) is 2. The topological polar surface area (TPSA) is 82.5 Å². The zero-order chi connectivity index (χ0) is 21.8. The molecule has 0 saturated heterocycles. The van der Waals surface area contributed by atoms with E-state index < -0.39 is 0 Å². The maximum absolute atomic E-state index is 5.44. The van der Waals surface area contributed by atoms with Crippen LogP contribution in [0.4, 0.5) is 17.5 Å². The minimum Gasteiger partial charge on any atom is -0.493 e. The Morgan fingerprint density at radius 1 is 0.935 bits per heavy atom. The van der Waals surface area contributed by atoms with E-state index in [1.165, 1.54) is 5.56 Å². The van der Waals surface area contributed by atoms with Crippen LogP contribution in [0.5, 0.6) is 17.2 Å². The van der Waals surface area contributed by atoms with Gasteiger partial charge in [-0.3, -0.25) is 0 Å². The van der Waals surface area contributed by atoms with Crippen molar-refractivity contribution in [3.63, 3.8) is 0 Å². The summed E-state index contributed by atoms with van der Waals surface area (Å²) in [5.41, 5.74) is 3.74. The van der Waals surface area contributed by atoms with Crippen LogP contribution in [-0.4, -0.2) is 42.9 Å². The molecule has 0 atom stereocenters. The van der Waals surface area contributed by atoms with E-state index in [0.717, 1.165) is 22.7 Å². The maximum Gasteiger partial charge on any atom is 0.203 e. The molecule has 160 valence electrons. The molecule has 4 aromatic rings. The Morgan fingerprint density at radius 2 is 1.65 bits per heavy atom. The number of hydrogen-bond donors (Lipinski definition) is 2. The number of methoxy groups -OCH3 is 3. The van der Waals surface area contributed by atoms with Crippen molar-refractivity contribution >= 4 is 28.5 Å². The number of benzene rings is 2. The van der Waals surface area contributed by atoms with E-state index in [2.05, 4.69) is 37.3 Å². The fourth-order valence-corrected chi connectivity index (χ4v) is 3.51. The van der Waals surface area contributed by atoms with Crippen molar-refractivity contribution in [3.05, 3.63) is 60.3 Å². The number of ether oxygens (including phenoxy) is 3. The minimum atomic E-state index is 0.540. The highest BCUT2D eigenvalue weighted by Crippen LogP contribution is 2.40. The van der Waals surface area contributed by atoms with Crippen LogP contribution in [0.15, 0.2) is 54.7 Å².